The maximum absolute atomic E-state index is 15.0. The third-order valence-corrected chi connectivity index (χ3v) is 6.09. The zero-order valence-electron chi connectivity index (χ0n) is 17.1. The molecule has 30 heavy (non-hydrogen) atoms. The minimum Gasteiger partial charge on any atom is -0.304 e. The highest BCUT2D eigenvalue weighted by atomic mass is 19.1. The van der Waals surface area contributed by atoms with Crippen LogP contribution >= 0.6 is 0 Å². The SMILES string of the molecule is CCN1CCC(c2cc3c(F)cc(-c4cc(F)c5nc(C)cn5c4)cc3nn2)CC1. The van der Waals surface area contributed by atoms with Crippen LogP contribution in [0.2, 0.25) is 0 Å². The summed E-state index contributed by atoms with van der Waals surface area (Å²) in [4.78, 5) is 6.58. The second-order valence-electron chi connectivity index (χ2n) is 8.06. The molecule has 4 aromatic rings. The summed E-state index contributed by atoms with van der Waals surface area (Å²) < 4.78 is 31.1. The van der Waals surface area contributed by atoms with Crippen LogP contribution in [0.5, 0.6) is 0 Å². The maximum atomic E-state index is 15.0. The summed E-state index contributed by atoms with van der Waals surface area (Å²) in [5.41, 5.74) is 3.43. The standard InChI is InChI=1S/C23H23F2N5/c1-3-29-6-4-15(5-7-29)21-11-18-19(24)8-16(10-22(18)28-27-21)17-9-20(25)23-26-14(2)12-30(23)13-17/h8-13,15H,3-7H2,1-2H3. The van der Waals surface area contributed by atoms with Crippen molar-refractivity contribution in [1.82, 2.24) is 24.5 Å². The number of halogens is 2. The van der Waals surface area contributed by atoms with Gasteiger partial charge >= 0.3 is 0 Å². The minimum atomic E-state index is -0.444. The Morgan fingerprint density at radius 3 is 2.50 bits per heavy atom. The van der Waals surface area contributed by atoms with Gasteiger partial charge in [-0.2, -0.15) is 10.2 Å². The van der Waals surface area contributed by atoms with Gasteiger partial charge in [0.15, 0.2) is 11.5 Å². The molecule has 1 aliphatic heterocycles. The monoisotopic (exact) mass is 407 g/mol. The third kappa shape index (κ3) is 3.33. The van der Waals surface area contributed by atoms with Gasteiger partial charge in [0.25, 0.3) is 0 Å². The summed E-state index contributed by atoms with van der Waals surface area (Å²) in [5, 5.41) is 9.18. The zero-order valence-corrected chi connectivity index (χ0v) is 17.1. The van der Waals surface area contributed by atoms with Crippen LogP contribution in [0.15, 0.2) is 36.7 Å². The average Bonchev–Trinajstić information content (AvgIpc) is 3.14. The van der Waals surface area contributed by atoms with E-state index in [4.69, 9.17) is 0 Å². The number of nitrogens with zero attached hydrogens (tertiary/aromatic N) is 5. The number of likely N-dealkylation sites (tertiary alicyclic amines) is 1. The van der Waals surface area contributed by atoms with E-state index in [2.05, 4.69) is 27.0 Å². The third-order valence-electron chi connectivity index (χ3n) is 6.09. The second-order valence-corrected chi connectivity index (χ2v) is 8.06. The molecule has 5 nitrogen and oxygen atoms in total. The molecule has 0 radical (unpaired) electrons. The van der Waals surface area contributed by atoms with Gasteiger partial charge in [-0.05, 0) is 69.2 Å². The van der Waals surface area contributed by atoms with Crippen molar-refractivity contribution in [2.75, 3.05) is 19.6 Å². The summed E-state index contributed by atoms with van der Waals surface area (Å²) in [6, 6.07) is 6.42. The molecule has 0 atom stereocenters. The van der Waals surface area contributed by atoms with Crippen LogP contribution in [-0.4, -0.2) is 44.1 Å². The highest BCUT2D eigenvalue weighted by molar-refractivity contribution is 5.85. The molecule has 7 heteroatoms. The van der Waals surface area contributed by atoms with Crippen molar-refractivity contribution in [1.29, 1.82) is 0 Å². The first kappa shape index (κ1) is 19.1. The molecule has 0 saturated carbocycles. The smallest absolute Gasteiger partial charge is 0.173 e. The topological polar surface area (TPSA) is 46.3 Å². The number of rotatable bonds is 3. The number of piperidine rings is 1. The molecule has 1 saturated heterocycles. The Balaban J connectivity index is 1.52. The summed E-state index contributed by atoms with van der Waals surface area (Å²) in [7, 11) is 0. The van der Waals surface area contributed by atoms with Crippen molar-refractivity contribution in [2.24, 2.45) is 0 Å². The summed E-state index contributed by atoms with van der Waals surface area (Å²) in [6.07, 6.45) is 5.52. The van der Waals surface area contributed by atoms with Gasteiger partial charge in [0.2, 0.25) is 0 Å². The van der Waals surface area contributed by atoms with Gasteiger partial charge in [-0.15, -0.1) is 0 Å². The molecular weight excluding hydrogens is 384 g/mol. The summed E-state index contributed by atoms with van der Waals surface area (Å²) in [5.74, 6) is -0.502. The predicted octanol–water partition coefficient (Wildman–Crippen LogP) is 4.73. The quantitative estimate of drug-likeness (QED) is 0.493. The van der Waals surface area contributed by atoms with Gasteiger partial charge in [0.1, 0.15) is 5.82 Å². The molecule has 0 aliphatic carbocycles. The molecule has 0 unspecified atom stereocenters. The number of hydrogen-bond acceptors (Lipinski definition) is 4. The van der Waals surface area contributed by atoms with Gasteiger partial charge in [0.05, 0.1) is 16.9 Å². The van der Waals surface area contributed by atoms with Crippen molar-refractivity contribution in [2.45, 2.75) is 32.6 Å². The van der Waals surface area contributed by atoms with Crippen LogP contribution in [0, 0.1) is 18.6 Å². The van der Waals surface area contributed by atoms with Crippen LogP contribution in [0.4, 0.5) is 8.78 Å². The van der Waals surface area contributed by atoms with Gasteiger partial charge in [0, 0.05) is 29.3 Å². The largest absolute Gasteiger partial charge is 0.304 e. The van der Waals surface area contributed by atoms with Crippen LogP contribution in [0.25, 0.3) is 27.7 Å². The van der Waals surface area contributed by atoms with Crippen LogP contribution in [0.3, 0.4) is 0 Å². The Bertz CT molecular complexity index is 1240. The first-order valence-electron chi connectivity index (χ1n) is 10.4. The molecule has 1 fully saturated rings. The molecule has 3 aromatic heterocycles. The molecule has 0 amide bonds. The van der Waals surface area contributed by atoms with E-state index in [1.54, 1.807) is 29.8 Å². The lowest BCUT2D eigenvalue weighted by atomic mass is 9.92. The summed E-state index contributed by atoms with van der Waals surface area (Å²) in [6.45, 7) is 7.09. The Labute approximate surface area is 173 Å². The van der Waals surface area contributed by atoms with E-state index in [0.29, 0.717) is 27.9 Å². The first-order valence-corrected chi connectivity index (χ1v) is 10.4. The molecule has 5 rings (SSSR count). The highest BCUT2D eigenvalue weighted by Crippen LogP contribution is 2.31. The number of fused-ring (bicyclic) bond motifs is 2. The van der Waals surface area contributed by atoms with E-state index in [-0.39, 0.29) is 11.5 Å². The molecule has 1 aliphatic rings. The fourth-order valence-corrected chi connectivity index (χ4v) is 4.37. The Kier molecular flexibility index (Phi) is 4.70. The number of hydrogen-bond donors (Lipinski definition) is 0. The van der Waals surface area contributed by atoms with Crippen LogP contribution in [0.1, 0.15) is 37.1 Å². The molecule has 0 bridgehead atoms. The van der Waals surface area contributed by atoms with E-state index in [0.717, 1.165) is 43.9 Å². The average molecular weight is 407 g/mol. The van der Waals surface area contributed by atoms with Crippen LogP contribution in [-0.2, 0) is 0 Å². The molecular formula is C23H23F2N5. The fraction of sp³-hybridized carbons (Fsp3) is 0.348. The molecule has 0 spiro atoms. The fourth-order valence-electron chi connectivity index (χ4n) is 4.37. The van der Waals surface area contributed by atoms with Crippen molar-refractivity contribution in [3.63, 3.8) is 0 Å². The number of aryl methyl sites for hydroxylation is 1. The molecule has 1 aromatic carbocycles. The maximum Gasteiger partial charge on any atom is 0.173 e. The van der Waals surface area contributed by atoms with Crippen LogP contribution < -0.4 is 0 Å². The Morgan fingerprint density at radius 1 is 0.967 bits per heavy atom. The van der Waals surface area contributed by atoms with Crippen molar-refractivity contribution < 1.29 is 8.78 Å². The molecule has 0 N–H and O–H groups in total. The van der Waals surface area contributed by atoms with Crippen molar-refractivity contribution in [3.8, 4) is 11.1 Å². The van der Waals surface area contributed by atoms with Crippen molar-refractivity contribution >= 4 is 16.6 Å². The molecule has 154 valence electrons. The van der Waals surface area contributed by atoms with E-state index in [9.17, 15) is 4.39 Å². The highest BCUT2D eigenvalue weighted by Gasteiger charge is 2.22. The number of benzene rings is 1. The number of aromatic nitrogens is 4. The van der Waals surface area contributed by atoms with Gasteiger partial charge in [-0.3, -0.25) is 0 Å². The van der Waals surface area contributed by atoms with E-state index in [1.807, 2.05) is 6.07 Å². The van der Waals surface area contributed by atoms with E-state index >= 15 is 4.39 Å². The normalized spacial score (nSPS) is 16.0. The lowest BCUT2D eigenvalue weighted by molar-refractivity contribution is 0.220. The molecule has 4 heterocycles. The lowest BCUT2D eigenvalue weighted by Crippen LogP contribution is -2.32. The Morgan fingerprint density at radius 2 is 1.73 bits per heavy atom. The first-order chi connectivity index (χ1) is 14.5. The van der Waals surface area contributed by atoms with E-state index < -0.39 is 5.82 Å². The number of pyridine rings is 1. The Hall–Kier alpha value is -2.93. The number of imidazole rings is 1. The summed E-state index contributed by atoms with van der Waals surface area (Å²) >= 11 is 0. The lowest BCUT2D eigenvalue weighted by Gasteiger charge is -2.30. The van der Waals surface area contributed by atoms with Gasteiger partial charge in [-0.1, -0.05) is 6.92 Å². The zero-order chi connectivity index (χ0) is 20.8. The van der Waals surface area contributed by atoms with Crippen molar-refractivity contribution in [3.05, 3.63) is 59.7 Å². The van der Waals surface area contributed by atoms with E-state index in [1.165, 1.54) is 12.1 Å². The second kappa shape index (κ2) is 7.40. The predicted molar refractivity (Wildman–Crippen MR) is 112 cm³/mol. The van der Waals surface area contributed by atoms with Gasteiger partial charge < -0.3 is 9.30 Å². The minimum absolute atomic E-state index is 0.260. The van der Waals surface area contributed by atoms with Gasteiger partial charge in [-0.25, -0.2) is 13.8 Å².